The zero-order valence-corrected chi connectivity index (χ0v) is 17.2. The lowest BCUT2D eigenvalue weighted by Gasteiger charge is -2.53. The van der Waals surface area contributed by atoms with E-state index in [1.807, 2.05) is 60.7 Å². The number of carbonyl (C=O) groups is 2. The molecule has 0 spiro atoms. The van der Waals surface area contributed by atoms with Gasteiger partial charge >= 0.3 is 5.97 Å². The fraction of sp³-hybridized carbons (Fsp3) is 0.440. The van der Waals surface area contributed by atoms with E-state index in [-0.39, 0.29) is 5.41 Å². The van der Waals surface area contributed by atoms with Gasteiger partial charge < -0.3 is 9.84 Å². The number of rotatable bonds is 5. The van der Waals surface area contributed by atoms with Gasteiger partial charge in [-0.25, -0.2) is 4.79 Å². The molecule has 2 aromatic rings. The Kier molecular flexibility index (Phi) is 4.66. The summed E-state index contributed by atoms with van der Waals surface area (Å²) in [6, 6.07) is 19.3. The maximum absolute atomic E-state index is 12.6. The van der Waals surface area contributed by atoms with Gasteiger partial charge in [0.05, 0.1) is 0 Å². The van der Waals surface area contributed by atoms with Crippen LogP contribution in [0.1, 0.15) is 51.2 Å². The summed E-state index contributed by atoms with van der Waals surface area (Å²) in [6.07, 6.45) is 1.82. The Balaban J connectivity index is 1.96. The first kappa shape index (κ1) is 19.8. The number of hydrogen-bond acceptors (Lipinski definition) is 4. The highest BCUT2D eigenvalue weighted by molar-refractivity contribution is 6.32. The molecular weight excluding hydrogens is 364 g/mol. The second-order valence-corrected chi connectivity index (χ2v) is 9.06. The maximum atomic E-state index is 12.6. The van der Waals surface area contributed by atoms with Crippen LogP contribution in [0, 0.1) is 16.7 Å². The number of benzene rings is 2. The molecule has 2 saturated carbocycles. The van der Waals surface area contributed by atoms with E-state index in [1.54, 1.807) is 0 Å². The summed E-state index contributed by atoms with van der Waals surface area (Å²) in [6.45, 7) is 5.57. The van der Waals surface area contributed by atoms with E-state index in [0.29, 0.717) is 12.3 Å². The fourth-order valence-electron chi connectivity index (χ4n) is 6.18. The van der Waals surface area contributed by atoms with Crippen molar-refractivity contribution in [3.05, 3.63) is 71.8 Å². The van der Waals surface area contributed by atoms with E-state index < -0.39 is 28.9 Å². The van der Waals surface area contributed by atoms with E-state index in [0.717, 1.165) is 24.0 Å². The summed E-state index contributed by atoms with van der Waals surface area (Å²) in [7, 11) is 0. The molecule has 0 saturated heterocycles. The van der Waals surface area contributed by atoms with E-state index in [1.165, 1.54) is 6.92 Å². The van der Waals surface area contributed by atoms with Crippen LogP contribution < -0.4 is 0 Å². The van der Waals surface area contributed by atoms with Crippen molar-refractivity contribution in [2.24, 2.45) is 16.7 Å². The quantitative estimate of drug-likeness (QED) is 0.610. The molecule has 4 nitrogen and oxygen atoms in total. The number of fused-ring (bicyclic) bond motifs is 2. The Morgan fingerprint density at radius 3 is 1.97 bits per heavy atom. The average molecular weight is 392 g/mol. The van der Waals surface area contributed by atoms with Gasteiger partial charge in [-0.15, -0.1) is 0 Å². The second-order valence-electron chi connectivity index (χ2n) is 9.06. The number of carbonyl (C=O) groups excluding carboxylic acids is 2. The summed E-state index contributed by atoms with van der Waals surface area (Å²) in [4.78, 5) is 23.9. The van der Waals surface area contributed by atoms with Crippen molar-refractivity contribution in [1.82, 2.24) is 0 Å². The van der Waals surface area contributed by atoms with E-state index in [4.69, 9.17) is 4.74 Å². The molecule has 152 valence electrons. The first-order chi connectivity index (χ1) is 13.7. The van der Waals surface area contributed by atoms with Crippen LogP contribution in [0.5, 0.6) is 0 Å². The molecule has 4 heteroatoms. The highest BCUT2D eigenvalue weighted by Crippen LogP contribution is 2.73. The van der Waals surface area contributed by atoms with Gasteiger partial charge in [0, 0.05) is 12.3 Å². The number of aliphatic hydroxyl groups is 1. The lowest BCUT2D eigenvalue weighted by Crippen LogP contribution is -2.57. The summed E-state index contributed by atoms with van der Waals surface area (Å²) in [5, 5.41) is 12.6. The SMILES string of the molecule is CC(=O)C(=O)O[C@@H]1C[C@H]2CC[C@]1(C(O)(c1ccccc1)c1ccccc1)C2(C)C. The van der Waals surface area contributed by atoms with E-state index in [9.17, 15) is 14.7 Å². The molecule has 0 aliphatic heterocycles. The molecule has 2 fully saturated rings. The van der Waals surface area contributed by atoms with Crippen LogP contribution >= 0.6 is 0 Å². The van der Waals surface area contributed by atoms with Gasteiger partial charge in [-0.2, -0.15) is 0 Å². The summed E-state index contributed by atoms with van der Waals surface area (Å²) in [5.41, 5.74) is -0.809. The molecule has 4 rings (SSSR count). The van der Waals surface area contributed by atoms with Crippen molar-refractivity contribution >= 4 is 11.8 Å². The number of esters is 1. The highest BCUT2D eigenvalue weighted by Gasteiger charge is 2.74. The average Bonchev–Trinajstić information content (AvgIpc) is 3.11. The van der Waals surface area contributed by atoms with Crippen LogP contribution in [0.3, 0.4) is 0 Å². The van der Waals surface area contributed by atoms with Crippen LogP contribution in [-0.2, 0) is 19.9 Å². The standard InChI is InChI=1S/C25H28O4/c1-17(26)22(27)29-21-16-20-14-15-24(21,23(20,2)3)25(28,18-10-6-4-7-11-18)19-12-8-5-9-13-19/h4-13,20-21,28H,14-16H2,1-3H3/t20-,21-,24-/m1/s1. The Labute approximate surface area is 171 Å². The topological polar surface area (TPSA) is 63.6 Å². The van der Waals surface area contributed by atoms with Crippen molar-refractivity contribution < 1.29 is 19.4 Å². The van der Waals surface area contributed by atoms with Crippen molar-refractivity contribution in [2.45, 2.75) is 51.7 Å². The van der Waals surface area contributed by atoms with Crippen molar-refractivity contribution in [1.29, 1.82) is 0 Å². The molecule has 0 unspecified atom stereocenters. The van der Waals surface area contributed by atoms with Gasteiger partial charge in [0.25, 0.3) is 0 Å². The first-order valence-electron chi connectivity index (χ1n) is 10.3. The first-order valence-corrected chi connectivity index (χ1v) is 10.3. The molecule has 2 bridgehead atoms. The minimum Gasteiger partial charge on any atom is -0.456 e. The van der Waals surface area contributed by atoms with Gasteiger partial charge in [0.15, 0.2) is 0 Å². The van der Waals surface area contributed by atoms with Crippen molar-refractivity contribution in [2.75, 3.05) is 0 Å². The van der Waals surface area contributed by atoms with Crippen LogP contribution in [0.4, 0.5) is 0 Å². The molecule has 1 N–H and O–H groups in total. The van der Waals surface area contributed by atoms with Crippen molar-refractivity contribution in [3.8, 4) is 0 Å². The number of ether oxygens (including phenoxy) is 1. The van der Waals surface area contributed by atoms with Gasteiger partial charge in [0.1, 0.15) is 11.7 Å². The van der Waals surface area contributed by atoms with Crippen LogP contribution in [0.25, 0.3) is 0 Å². The molecule has 29 heavy (non-hydrogen) atoms. The van der Waals surface area contributed by atoms with Crippen LogP contribution in [0.2, 0.25) is 0 Å². The van der Waals surface area contributed by atoms with Gasteiger partial charge in [-0.3, -0.25) is 4.79 Å². The van der Waals surface area contributed by atoms with E-state index >= 15 is 0 Å². The van der Waals surface area contributed by atoms with Crippen LogP contribution in [-0.4, -0.2) is 23.0 Å². The predicted octanol–water partition coefficient (Wildman–Crippen LogP) is 4.25. The third-order valence-electron chi connectivity index (χ3n) is 7.67. The van der Waals surface area contributed by atoms with Gasteiger partial charge in [-0.1, -0.05) is 74.5 Å². The molecule has 2 aliphatic carbocycles. The van der Waals surface area contributed by atoms with Crippen LogP contribution in [0.15, 0.2) is 60.7 Å². The Hall–Kier alpha value is -2.46. The highest BCUT2D eigenvalue weighted by atomic mass is 16.6. The van der Waals surface area contributed by atoms with Crippen molar-refractivity contribution in [3.63, 3.8) is 0 Å². The summed E-state index contributed by atoms with van der Waals surface area (Å²) in [5.74, 6) is -1.11. The zero-order valence-electron chi connectivity index (χ0n) is 17.2. The Bertz CT molecular complexity index is 879. The fourth-order valence-corrected chi connectivity index (χ4v) is 6.18. The molecule has 3 atom stereocenters. The molecule has 2 aromatic carbocycles. The molecule has 0 amide bonds. The lowest BCUT2D eigenvalue weighted by molar-refractivity contribution is -0.185. The normalized spacial score (nSPS) is 27.6. The van der Waals surface area contributed by atoms with E-state index in [2.05, 4.69) is 13.8 Å². The maximum Gasteiger partial charge on any atom is 0.374 e. The third-order valence-corrected chi connectivity index (χ3v) is 7.67. The third kappa shape index (κ3) is 2.62. The predicted molar refractivity (Wildman–Crippen MR) is 110 cm³/mol. The number of ketones is 1. The largest absolute Gasteiger partial charge is 0.456 e. The minimum absolute atomic E-state index is 0.283. The molecule has 0 aromatic heterocycles. The Morgan fingerprint density at radius 1 is 1.00 bits per heavy atom. The summed E-state index contributed by atoms with van der Waals surface area (Å²) < 4.78 is 5.79. The van der Waals surface area contributed by atoms with Gasteiger partial charge in [-0.05, 0) is 41.7 Å². The molecule has 2 aliphatic rings. The zero-order chi connectivity index (χ0) is 20.9. The number of Topliss-reactive ketones (excluding diaryl/α,β-unsaturated/α-hetero) is 1. The smallest absolute Gasteiger partial charge is 0.374 e. The minimum atomic E-state index is -1.36. The molecule has 0 heterocycles. The Morgan fingerprint density at radius 2 is 1.52 bits per heavy atom. The second kappa shape index (κ2) is 6.81. The van der Waals surface area contributed by atoms with Gasteiger partial charge in [0.2, 0.25) is 5.78 Å². The monoisotopic (exact) mass is 392 g/mol. The summed E-state index contributed by atoms with van der Waals surface area (Å²) >= 11 is 0. The number of hydrogen-bond donors (Lipinski definition) is 1. The lowest BCUT2D eigenvalue weighted by atomic mass is 9.54. The molecule has 0 radical (unpaired) electrons. The molecular formula is C25H28O4.